The number of nitrogens with one attached hydrogen (secondary N) is 2. The third kappa shape index (κ3) is 2.88. The van der Waals surface area contributed by atoms with E-state index in [0.717, 1.165) is 17.5 Å². The summed E-state index contributed by atoms with van der Waals surface area (Å²) in [6, 6.07) is 0. The van der Waals surface area contributed by atoms with Gasteiger partial charge in [0.2, 0.25) is 5.13 Å². The van der Waals surface area contributed by atoms with Gasteiger partial charge >= 0.3 is 5.97 Å². The Morgan fingerprint density at radius 2 is 2.37 bits per heavy atom. The van der Waals surface area contributed by atoms with Crippen LogP contribution in [0.2, 0.25) is 0 Å². The van der Waals surface area contributed by atoms with E-state index in [1.165, 1.54) is 5.51 Å². The summed E-state index contributed by atoms with van der Waals surface area (Å²) in [4.78, 5) is 11.6. The number of sulfonamides is 1. The summed E-state index contributed by atoms with van der Waals surface area (Å²) >= 11 is 1.01. The molecular formula is C8H9N5O4S2. The molecule has 0 aromatic carbocycles. The van der Waals surface area contributed by atoms with Gasteiger partial charge in [0.1, 0.15) is 11.1 Å². The molecule has 9 nitrogen and oxygen atoms in total. The van der Waals surface area contributed by atoms with Crippen LogP contribution in [0.4, 0.5) is 5.13 Å². The Morgan fingerprint density at radius 3 is 3.00 bits per heavy atom. The van der Waals surface area contributed by atoms with Crippen molar-refractivity contribution in [3.8, 4) is 0 Å². The first kappa shape index (κ1) is 13.4. The van der Waals surface area contributed by atoms with E-state index in [4.69, 9.17) is 4.74 Å². The van der Waals surface area contributed by atoms with Crippen molar-refractivity contribution in [1.29, 1.82) is 0 Å². The second-order valence-electron chi connectivity index (χ2n) is 3.18. The lowest BCUT2D eigenvalue weighted by Gasteiger charge is -2.04. The van der Waals surface area contributed by atoms with Crippen molar-refractivity contribution in [1.82, 2.24) is 20.4 Å². The van der Waals surface area contributed by atoms with Crippen LogP contribution in [-0.2, 0) is 14.8 Å². The zero-order valence-corrected chi connectivity index (χ0v) is 11.3. The van der Waals surface area contributed by atoms with E-state index < -0.39 is 16.0 Å². The van der Waals surface area contributed by atoms with Crippen molar-refractivity contribution in [2.24, 2.45) is 0 Å². The summed E-state index contributed by atoms with van der Waals surface area (Å²) in [7, 11) is -3.99. The molecule has 0 radical (unpaired) electrons. The molecule has 0 saturated carbocycles. The van der Waals surface area contributed by atoms with Crippen LogP contribution in [0.3, 0.4) is 0 Å². The number of esters is 1. The Bertz CT molecular complexity index is 663. The van der Waals surface area contributed by atoms with Crippen molar-refractivity contribution in [2.45, 2.75) is 11.9 Å². The number of anilines is 1. The molecule has 0 atom stereocenters. The first-order valence-corrected chi connectivity index (χ1v) is 7.40. The lowest BCUT2D eigenvalue weighted by atomic mass is 10.4. The second kappa shape index (κ2) is 5.32. The van der Waals surface area contributed by atoms with Gasteiger partial charge in [-0.2, -0.15) is 13.5 Å². The van der Waals surface area contributed by atoms with Crippen LogP contribution in [0, 0.1) is 0 Å². The maximum Gasteiger partial charge on any atom is 0.342 e. The van der Waals surface area contributed by atoms with Crippen molar-refractivity contribution in [3.63, 3.8) is 0 Å². The largest absolute Gasteiger partial charge is 0.462 e. The van der Waals surface area contributed by atoms with Crippen molar-refractivity contribution < 1.29 is 17.9 Å². The molecule has 0 saturated heterocycles. The molecule has 0 aliphatic carbocycles. The highest BCUT2D eigenvalue weighted by atomic mass is 32.2. The molecule has 2 N–H and O–H groups in total. The molecule has 19 heavy (non-hydrogen) atoms. The van der Waals surface area contributed by atoms with Gasteiger partial charge < -0.3 is 4.74 Å². The van der Waals surface area contributed by atoms with Gasteiger partial charge in [-0.3, -0.25) is 9.82 Å². The Hall–Kier alpha value is -2.01. The van der Waals surface area contributed by atoms with Crippen LogP contribution in [0.1, 0.15) is 17.3 Å². The highest BCUT2D eigenvalue weighted by Crippen LogP contribution is 2.18. The molecule has 0 unspecified atom stereocenters. The van der Waals surface area contributed by atoms with Gasteiger partial charge in [-0.25, -0.2) is 4.79 Å². The summed E-state index contributed by atoms with van der Waals surface area (Å²) in [6.45, 7) is 1.75. The molecule has 0 bridgehead atoms. The Labute approximate surface area is 112 Å². The standard InChI is InChI=1S/C8H9N5O4S2/c1-2-17-7(14)5-3-9-11-6(5)19(15,16)13-8-12-10-4-18-8/h3-4H,2H2,1H3,(H,9,11)(H,12,13). The number of H-pyrrole nitrogens is 1. The van der Waals surface area contributed by atoms with E-state index in [1.54, 1.807) is 6.92 Å². The van der Waals surface area contributed by atoms with E-state index in [9.17, 15) is 13.2 Å². The normalized spacial score (nSPS) is 11.2. The third-order valence-electron chi connectivity index (χ3n) is 1.95. The fraction of sp³-hybridized carbons (Fsp3) is 0.250. The van der Waals surface area contributed by atoms with Crippen molar-refractivity contribution >= 4 is 32.5 Å². The Morgan fingerprint density at radius 1 is 1.58 bits per heavy atom. The number of aromatic nitrogens is 4. The number of aromatic amines is 1. The molecule has 0 fully saturated rings. The van der Waals surface area contributed by atoms with Crippen LogP contribution >= 0.6 is 11.3 Å². The highest BCUT2D eigenvalue weighted by Gasteiger charge is 2.26. The first-order chi connectivity index (χ1) is 9.04. The maximum atomic E-state index is 12.0. The third-order valence-corrected chi connectivity index (χ3v) is 4.00. The first-order valence-electron chi connectivity index (χ1n) is 5.04. The smallest absolute Gasteiger partial charge is 0.342 e. The minimum absolute atomic E-state index is 0.0874. The minimum atomic E-state index is -3.99. The van der Waals surface area contributed by atoms with E-state index in [0.29, 0.717) is 0 Å². The van der Waals surface area contributed by atoms with Gasteiger partial charge in [0, 0.05) is 0 Å². The molecule has 2 aromatic rings. The number of carbonyl (C=O) groups excluding carboxylic acids is 1. The number of hydrogen-bond acceptors (Lipinski definition) is 8. The van der Waals surface area contributed by atoms with E-state index >= 15 is 0 Å². The predicted octanol–water partition coefficient (Wildman–Crippen LogP) is 0.239. The average molecular weight is 303 g/mol. The molecule has 0 spiro atoms. The van der Waals surface area contributed by atoms with Gasteiger partial charge in [0.25, 0.3) is 10.0 Å². The number of nitrogens with zero attached hydrogens (tertiary/aromatic N) is 3. The molecular weight excluding hydrogens is 294 g/mol. The lowest BCUT2D eigenvalue weighted by molar-refractivity contribution is 0.0522. The van der Waals surface area contributed by atoms with Gasteiger partial charge in [0.05, 0.1) is 12.8 Å². The molecule has 11 heteroatoms. The van der Waals surface area contributed by atoms with Gasteiger partial charge in [-0.1, -0.05) is 11.3 Å². The van der Waals surface area contributed by atoms with Crippen molar-refractivity contribution in [2.75, 3.05) is 11.3 Å². The van der Waals surface area contributed by atoms with Crippen LogP contribution < -0.4 is 4.72 Å². The van der Waals surface area contributed by atoms with E-state index in [-0.39, 0.29) is 22.3 Å². The summed E-state index contributed by atoms with van der Waals surface area (Å²) in [5.74, 6) is -0.770. The molecule has 2 rings (SSSR count). The summed E-state index contributed by atoms with van der Waals surface area (Å²) in [5, 5.41) is 12.6. The molecule has 2 heterocycles. The Kier molecular flexibility index (Phi) is 3.76. The maximum absolute atomic E-state index is 12.0. The summed E-state index contributed by atoms with van der Waals surface area (Å²) in [6.07, 6.45) is 1.09. The number of hydrogen-bond donors (Lipinski definition) is 2. The SMILES string of the molecule is CCOC(=O)c1cn[nH]c1S(=O)(=O)Nc1nncs1. The quantitative estimate of drug-likeness (QED) is 0.757. The predicted molar refractivity (Wildman–Crippen MR) is 65.3 cm³/mol. The monoisotopic (exact) mass is 303 g/mol. The number of ether oxygens (including phenoxy) is 1. The minimum Gasteiger partial charge on any atom is -0.462 e. The summed E-state index contributed by atoms with van der Waals surface area (Å²) < 4.78 is 31.0. The van der Waals surface area contributed by atoms with Crippen molar-refractivity contribution in [3.05, 3.63) is 17.3 Å². The zero-order valence-electron chi connectivity index (χ0n) is 9.65. The topological polar surface area (TPSA) is 127 Å². The van der Waals surface area contributed by atoms with Crippen LogP contribution in [0.5, 0.6) is 0 Å². The van der Waals surface area contributed by atoms with Crippen LogP contribution in [0.25, 0.3) is 0 Å². The molecule has 0 aliphatic rings. The molecule has 2 aromatic heterocycles. The molecule has 0 amide bonds. The van der Waals surface area contributed by atoms with Gasteiger partial charge in [-0.15, -0.1) is 10.2 Å². The summed E-state index contributed by atoms with van der Waals surface area (Å²) in [5.41, 5.74) is 1.20. The zero-order chi connectivity index (χ0) is 13.9. The van der Waals surface area contributed by atoms with Crippen LogP contribution in [-0.4, -0.2) is 41.4 Å². The van der Waals surface area contributed by atoms with E-state index in [1.807, 2.05) is 0 Å². The Balaban J connectivity index is 2.31. The number of carbonyl (C=O) groups is 1. The fourth-order valence-corrected chi connectivity index (χ4v) is 3.00. The highest BCUT2D eigenvalue weighted by molar-refractivity contribution is 7.92. The van der Waals surface area contributed by atoms with E-state index in [2.05, 4.69) is 25.1 Å². The average Bonchev–Trinajstić information content (AvgIpc) is 2.98. The van der Waals surface area contributed by atoms with Crippen LogP contribution in [0.15, 0.2) is 16.7 Å². The fourth-order valence-electron chi connectivity index (χ4n) is 1.22. The number of rotatable bonds is 5. The second-order valence-corrected chi connectivity index (χ2v) is 5.64. The molecule has 0 aliphatic heterocycles. The van der Waals surface area contributed by atoms with Gasteiger partial charge in [-0.05, 0) is 6.92 Å². The van der Waals surface area contributed by atoms with Gasteiger partial charge in [0.15, 0.2) is 5.03 Å². The molecule has 102 valence electrons. The lowest BCUT2D eigenvalue weighted by Crippen LogP contribution is -2.17.